The minimum absolute atomic E-state index is 0.126. The van der Waals surface area contributed by atoms with E-state index < -0.39 is 18.1 Å². The predicted molar refractivity (Wildman–Crippen MR) is 189 cm³/mol. The van der Waals surface area contributed by atoms with Crippen molar-refractivity contribution < 1.29 is 19.1 Å². The van der Waals surface area contributed by atoms with E-state index in [0.29, 0.717) is 42.4 Å². The van der Waals surface area contributed by atoms with Crippen LogP contribution in [0.15, 0.2) is 89.2 Å². The standard InChI is InChI=1S/C38H42N6O4S/c1-24(2)31-13-27(18-39-20-31)19-40-21-34(45)33(14-26-7-5-4-6-8-26)43-36(46)28-15-29(37-41-11-12-48-37)17-30(16-28)38(47)44(32-9-10-32)22-35-42-25(3)23-49-35/h4-8,11-13,15-18,20,23-24,32-34,40,45H,9-10,14,19,21-22H2,1-3H3,(H,43,46)/t33-,34+/m0/s1. The second kappa shape index (κ2) is 15.7. The number of oxazole rings is 1. The predicted octanol–water partition coefficient (Wildman–Crippen LogP) is 5.92. The Hall–Kier alpha value is -4.71. The number of carbonyl (C=O) groups excluding carboxylic acids is 2. The van der Waals surface area contributed by atoms with E-state index in [9.17, 15) is 14.7 Å². The van der Waals surface area contributed by atoms with Crippen LogP contribution in [0.2, 0.25) is 0 Å². The van der Waals surface area contributed by atoms with Gasteiger partial charge in [0.25, 0.3) is 11.8 Å². The van der Waals surface area contributed by atoms with Crippen molar-refractivity contribution in [3.05, 3.63) is 123 Å². The number of hydrogen-bond acceptors (Lipinski definition) is 9. The van der Waals surface area contributed by atoms with E-state index in [1.165, 1.54) is 23.8 Å². The van der Waals surface area contributed by atoms with Gasteiger partial charge in [-0.2, -0.15) is 0 Å². The molecule has 5 aromatic rings. The van der Waals surface area contributed by atoms with Gasteiger partial charge in [-0.05, 0) is 67.0 Å². The normalized spacial score (nSPS) is 14.1. The minimum Gasteiger partial charge on any atom is -0.445 e. The number of nitrogens with zero attached hydrogens (tertiary/aromatic N) is 4. The number of thiazole rings is 1. The molecule has 10 nitrogen and oxygen atoms in total. The summed E-state index contributed by atoms with van der Waals surface area (Å²) in [6.07, 6.45) is 8.03. The topological polar surface area (TPSA) is 133 Å². The smallest absolute Gasteiger partial charge is 0.254 e. The van der Waals surface area contributed by atoms with Crippen molar-refractivity contribution in [3.63, 3.8) is 0 Å². The number of pyridine rings is 1. The van der Waals surface area contributed by atoms with E-state index >= 15 is 0 Å². The summed E-state index contributed by atoms with van der Waals surface area (Å²) in [5.74, 6) is 0.0717. The maximum Gasteiger partial charge on any atom is 0.254 e. The molecule has 0 bridgehead atoms. The summed E-state index contributed by atoms with van der Waals surface area (Å²) in [6.45, 7) is 7.37. The summed E-state index contributed by atoms with van der Waals surface area (Å²) in [4.78, 5) is 43.1. The Morgan fingerprint density at radius 3 is 2.55 bits per heavy atom. The molecule has 3 N–H and O–H groups in total. The van der Waals surface area contributed by atoms with Crippen molar-refractivity contribution in [1.29, 1.82) is 0 Å². The Kier molecular flexibility index (Phi) is 10.9. The molecule has 1 aliphatic carbocycles. The zero-order valence-electron chi connectivity index (χ0n) is 28.0. The number of aliphatic hydroxyl groups is 1. The molecule has 2 aromatic carbocycles. The zero-order valence-corrected chi connectivity index (χ0v) is 28.8. The van der Waals surface area contributed by atoms with E-state index in [1.54, 1.807) is 18.2 Å². The molecule has 11 heteroatoms. The Morgan fingerprint density at radius 1 is 1.06 bits per heavy atom. The summed E-state index contributed by atoms with van der Waals surface area (Å²) >= 11 is 1.53. The van der Waals surface area contributed by atoms with Gasteiger partial charge in [-0.25, -0.2) is 9.97 Å². The third kappa shape index (κ3) is 9.05. The fourth-order valence-electron chi connectivity index (χ4n) is 5.74. The van der Waals surface area contributed by atoms with Gasteiger partial charge in [0.2, 0.25) is 5.89 Å². The highest BCUT2D eigenvalue weighted by molar-refractivity contribution is 7.09. The third-order valence-corrected chi connectivity index (χ3v) is 9.54. The van der Waals surface area contributed by atoms with Crippen molar-refractivity contribution in [2.24, 2.45) is 0 Å². The first-order chi connectivity index (χ1) is 23.7. The van der Waals surface area contributed by atoms with Crippen LogP contribution in [0.1, 0.15) is 80.7 Å². The first-order valence-corrected chi connectivity index (χ1v) is 17.6. The Balaban J connectivity index is 1.23. The first kappa shape index (κ1) is 34.2. The van der Waals surface area contributed by atoms with E-state index in [4.69, 9.17) is 4.42 Å². The average Bonchev–Trinajstić information content (AvgIpc) is 3.62. The summed E-state index contributed by atoms with van der Waals surface area (Å²) in [7, 11) is 0. The van der Waals surface area contributed by atoms with Crippen LogP contribution in [-0.4, -0.2) is 61.5 Å². The molecule has 0 radical (unpaired) electrons. The van der Waals surface area contributed by atoms with E-state index in [2.05, 4.69) is 45.5 Å². The summed E-state index contributed by atoms with van der Waals surface area (Å²) in [5.41, 5.74) is 5.22. The lowest BCUT2D eigenvalue weighted by molar-refractivity contribution is 0.0729. The Labute approximate surface area is 290 Å². The maximum atomic E-state index is 14.1. The lowest BCUT2D eigenvalue weighted by atomic mass is 9.99. The molecule has 1 fully saturated rings. The molecule has 49 heavy (non-hydrogen) atoms. The highest BCUT2D eigenvalue weighted by Crippen LogP contribution is 2.32. The molecule has 3 heterocycles. The Bertz CT molecular complexity index is 1860. The third-order valence-electron chi connectivity index (χ3n) is 8.59. The summed E-state index contributed by atoms with van der Waals surface area (Å²) < 4.78 is 5.58. The van der Waals surface area contributed by atoms with Crippen LogP contribution in [0.25, 0.3) is 11.5 Å². The molecule has 0 saturated heterocycles. The van der Waals surface area contributed by atoms with Crippen LogP contribution in [0, 0.1) is 6.92 Å². The van der Waals surface area contributed by atoms with Gasteiger partial charge < -0.3 is 25.1 Å². The number of aliphatic hydroxyl groups excluding tert-OH is 1. The number of carbonyl (C=O) groups is 2. The molecule has 0 spiro atoms. The van der Waals surface area contributed by atoms with Gasteiger partial charge in [0.1, 0.15) is 11.3 Å². The average molecular weight is 679 g/mol. The van der Waals surface area contributed by atoms with Crippen LogP contribution < -0.4 is 10.6 Å². The van der Waals surface area contributed by atoms with Crippen LogP contribution in [-0.2, 0) is 19.5 Å². The quantitative estimate of drug-likeness (QED) is 0.124. The number of benzene rings is 2. The van der Waals surface area contributed by atoms with Crippen LogP contribution in [0.3, 0.4) is 0 Å². The van der Waals surface area contributed by atoms with Crippen molar-refractivity contribution in [1.82, 2.24) is 30.5 Å². The SMILES string of the molecule is Cc1csc(CN(C(=O)c2cc(C(=O)N[C@@H](Cc3ccccc3)[C@H](O)CNCc3cncc(C(C)C)c3)cc(-c3ncco3)c2)C2CC2)n1. The number of aromatic nitrogens is 3. The lowest BCUT2D eigenvalue weighted by Crippen LogP contribution is -2.48. The Morgan fingerprint density at radius 2 is 1.86 bits per heavy atom. The molecule has 2 atom stereocenters. The molecule has 0 aliphatic heterocycles. The van der Waals surface area contributed by atoms with Gasteiger partial charge >= 0.3 is 0 Å². The van der Waals surface area contributed by atoms with Gasteiger partial charge in [0.05, 0.1) is 24.9 Å². The highest BCUT2D eigenvalue weighted by atomic mass is 32.1. The van der Waals surface area contributed by atoms with E-state index in [1.807, 2.05) is 59.9 Å². The molecule has 3 aromatic heterocycles. The molecular formula is C38H42N6O4S. The van der Waals surface area contributed by atoms with Gasteiger partial charge in [-0.1, -0.05) is 50.2 Å². The molecule has 1 saturated carbocycles. The number of rotatable bonds is 15. The largest absolute Gasteiger partial charge is 0.445 e. The monoisotopic (exact) mass is 678 g/mol. The lowest BCUT2D eigenvalue weighted by Gasteiger charge is -2.25. The number of hydrogen-bond donors (Lipinski definition) is 3. The molecule has 6 rings (SSSR count). The second-order valence-electron chi connectivity index (χ2n) is 12.9. The molecule has 2 amide bonds. The number of nitrogens with one attached hydrogen (secondary N) is 2. The molecule has 1 aliphatic rings. The number of amides is 2. The first-order valence-electron chi connectivity index (χ1n) is 16.7. The molecule has 0 unspecified atom stereocenters. The maximum absolute atomic E-state index is 14.1. The van der Waals surface area contributed by atoms with Crippen molar-refractivity contribution in [2.75, 3.05) is 6.54 Å². The second-order valence-corrected chi connectivity index (χ2v) is 13.9. The van der Waals surface area contributed by atoms with Crippen molar-refractivity contribution >= 4 is 23.2 Å². The van der Waals surface area contributed by atoms with Gasteiger partial charge in [0, 0.05) is 59.3 Å². The van der Waals surface area contributed by atoms with E-state index in [-0.39, 0.29) is 24.1 Å². The minimum atomic E-state index is -0.909. The zero-order chi connectivity index (χ0) is 34.3. The van der Waals surface area contributed by atoms with Crippen LogP contribution >= 0.6 is 11.3 Å². The molecule has 254 valence electrons. The molecular weight excluding hydrogens is 637 g/mol. The summed E-state index contributed by atoms with van der Waals surface area (Å²) in [5, 5.41) is 20.7. The van der Waals surface area contributed by atoms with Crippen molar-refractivity contribution in [3.8, 4) is 11.5 Å². The van der Waals surface area contributed by atoms with Crippen molar-refractivity contribution in [2.45, 2.75) is 77.2 Å². The van der Waals surface area contributed by atoms with Gasteiger partial charge in [-0.3, -0.25) is 14.6 Å². The fraction of sp³-hybridized carbons (Fsp3) is 0.342. The van der Waals surface area contributed by atoms with Gasteiger partial charge in [-0.15, -0.1) is 11.3 Å². The fourth-order valence-corrected chi connectivity index (χ4v) is 6.51. The number of aryl methyl sites for hydroxylation is 1. The van der Waals surface area contributed by atoms with Gasteiger partial charge in [0.15, 0.2) is 0 Å². The van der Waals surface area contributed by atoms with Crippen LogP contribution in [0.5, 0.6) is 0 Å². The highest BCUT2D eigenvalue weighted by Gasteiger charge is 2.34. The summed E-state index contributed by atoms with van der Waals surface area (Å²) in [6, 6.07) is 16.4. The van der Waals surface area contributed by atoms with Crippen LogP contribution in [0.4, 0.5) is 0 Å². The van der Waals surface area contributed by atoms with E-state index in [0.717, 1.165) is 40.2 Å².